The summed E-state index contributed by atoms with van der Waals surface area (Å²) in [7, 11) is 0. The van der Waals surface area contributed by atoms with Crippen LogP contribution in [0.15, 0.2) is 47.1 Å². The van der Waals surface area contributed by atoms with Crippen LogP contribution in [0.2, 0.25) is 0 Å². The van der Waals surface area contributed by atoms with Crippen molar-refractivity contribution in [2.24, 2.45) is 11.8 Å². The Hall–Kier alpha value is -2.03. The molecule has 0 aliphatic carbocycles. The fourth-order valence-corrected chi connectivity index (χ4v) is 3.29. The van der Waals surface area contributed by atoms with Gasteiger partial charge in [0.2, 0.25) is 0 Å². The van der Waals surface area contributed by atoms with Gasteiger partial charge in [0.15, 0.2) is 5.76 Å². The zero-order chi connectivity index (χ0) is 14.8. The molecule has 1 aromatic heterocycles. The van der Waals surface area contributed by atoms with Crippen molar-refractivity contribution >= 4 is 5.91 Å². The molecule has 1 saturated heterocycles. The van der Waals surface area contributed by atoms with E-state index in [1.807, 2.05) is 41.3 Å². The molecule has 21 heavy (non-hydrogen) atoms. The van der Waals surface area contributed by atoms with E-state index >= 15 is 0 Å². The van der Waals surface area contributed by atoms with Crippen molar-refractivity contribution in [2.75, 3.05) is 13.1 Å². The Morgan fingerprint density at radius 1 is 1.10 bits per heavy atom. The minimum Gasteiger partial charge on any atom is -0.459 e. The lowest BCUT2D eigenvalue weighted by Gasteiger charge is -2.34. The highest BCUT2D eigenvalue weighted by molar-refractivity contribution is 5.98. The van der Waals surface area contributed by atoms with Crippen molar-refractivity contribution < 1.29 is 9.21 Å². The van der Waals surface area contributed by atoms with E-state index < -0.39 is 0 Å². The van der Waals surface area contributed by atoms with Gasteiger partial charge in [-0.2, -0.15) is 0 Å². The van der Waals surface area contributed by atoms with E-state index in [1.54, 1.807) is 6.26 Å². The molecule has 0 N–H and O–H groups in total. The maximum absolute atomic E-state index is 12.8. The molecule has 1 aromatic carbocycles. The van der Waals surface area contributed by atoms with Crippen molar-refractivity contribution in [3.8, 4) is 11.1 Å². The van der Waals surface area contributed by atoms with E-state index in [4.69, 9.17) is 4.42 Å². The first-order valence-electron chi connectivity index (χ1n) is 7.57. The number of hydrogen-bond donors (Lipinski definition) is 0. The molecule has 2 aromatic rings. The van der Waals surface area contributed by atoms with Gasteiger partial charge >= 0.3 is 0 Å². The molecule has 0 spiro atoms. The van der Waals surface area contributed by atoms with Gasteiger partial charge in [-0.1, -0.05) is 44.2 Å². The third-order valence-corrected chi connectivity index (χ3v) is 4.10. The second kappa shape index (κ2) is 5.76. The SMILES string of the molecule is C[C@H]1C[C@H](C)CN(C(=O)c2occc2-c2ccccc2)C1. The molecule has 1 fully saturated rings. The second-order valence-corrected chi connectivity index (χ2v) is 6.19. The lowest BCUT2D eigenvalue weighted by atomic mass is 9.91. The van der Waals surface area contributed by atoms with Crippen LogP contribution < -0.4 is 0 Å². The van der Waals surface area contributed by atoms with Crippen LogP contribution in [0.5, 0.6) is 0 Å². The van der Waals surface area contributed by atoms with Gasteiger partial charge in [-0.05, 0) is 29.9 Å². The molecule has 0 unspecified atom stereocenters. The molecule has 3 nitrogen and oxygen atoms in total. The van der Waals surface area contributed by atoms with Gasteiger partial charge in [-0.15, -0.1) is 0 Å². The second-order valence-electron chi connectivity index (χ2n) is 6.19. The zero-order valence-electron chi connectivity index (χ0n) is 12.6. The van der Waals surface area contributed by atoms with Crippen molar-refractivity contribution in [1.29, 1.82) is 0 Å². The lowest BCUT2D eigenvalue weighted by molar-refractivity contribution is 0.0592. The van der Waals surface area contributed by atoms with E-state index in [1.165, 1.54) is 6.42 Å². The van der Waals surface area contributed by atoms with Crippen LogP contribution in [0.4, 0.5) is 0 Å². The van der Waals surface area contributed by atoms with E-state index in [9.17, 15) is 4.79 Å². The van der Waals surface area contributed by atoms with Gasteiger partial charge in [0, 0.05) is 18.7 Å². The summed E-state index contributed by atoms with van der Waals surface area (Å²) in [4.78, 5) is 14.7. The van der Waals surface area contributed by atoms with Crippen LogP contribution in [-0.2, 0) is 0 Å². The summed E-state index contributed by atoms with van der Waals surface area (Å²) in [6.07, 6.45) is 2.79. The monoisotopic (exact) mass is 283 g/mol. The first kappa shape index (κ1) is 13.9. The van der Waals surface area contributed by atoms with Gasteiger partial charge < -0.3 is 9.32 Å². The van der Waals surface area contributed by atoms with E-state index in [0.717, 1.165) is 24.2 Å². The molecule has 0 radical (unpaired) electrons. The van der Waals surface area contributed by atoms with E-state index in [2.05, 4.69) is 13.8 Å². The summed E-state index contributed by atoms with van der Waals surface area (Å²) in [5.74, 6) is 1.57. The van der Waals surface area contributed by atoms with Crippen molar-refractivity contribution in [3.05, 3.63) is 48.4 Å². The van der Waals surface area contributed by atoms with Gasteiger partial charge in [-0.25, -0.2) is 0 Å². The van der Waals surface area contributed by atoms with Crippen molar-refractivity contribution in [3.63, 3.8) is 0 Å². The molecule has 1 amide bonds. The first-order valence-corrected chi connectivity index (χ1v) is 7.57. The molecule has 3 rings (SSSR count). The van der Waals surface area contributed by atoms with Gasteiger partial charge in [-0.3, -0.25) is 4.79 Å². The highest BCUT2D eigenvalue weighted by Gasteiger charge is 2.29. The number of carbonyl (C=O) groups excluding carboxylic acids is 1. The Morgan fingerprint density at radius 3 is 2.43 bits per heavy atom. The Kier molecular flexibility index (Phi) is 3.82. The average molecular weight is 283 g/mol. The summed E-state index contributed by atoms with van der Waals surface area (Å²) in [5, 5.41) is 0. The maximum atomic E-state index is 12.8. The molecule has 2 heterocycles. The quantitative estimate of drug-likeness (QED) is 0.832. The lowest BCUT2D eigenvalue weighted by Crippen LogP contribution is -2.42. The van der Waals surface area contributed by atoms with Crippen LogP contribution in [0.1, 0.15) is 30.8 Å². The smallest absolute Gasteiger partial charge is 0.290 e. The maximum Gasteiger partial charge on any atom is 0.290 e. The predicted molar refractivity (Wildman–Crippen MR) is 83.0 cm³/mol. The van der Waals surface area contributed by atoms with Crippen LogP contribution in [-0.4, -0.2) is 23.9 Å². The topological polar surface area (TPSA) is 33.5 Å². The van der Waals surface area contributed by atoms with Gasteiger partial charge in [0.05, 0.1) is 6.26 Å². The van der Waals surface area contributed by atoms with Crippen LogP contribution >= 0.6 is 0 Å². The van der Waals surface area contributed by atoms with Gasteiger partial charge in [0.1, 0.15) is 0 Å². The molecule has 1 aliphatic rings. The Labute approximate surface area is 125 Å². The molecule has 2 atom stereocenters. The number of piperidine rings is 1. The van der Waals surface area contributed by atoms with Crippen LogP contribution in [0, 0.1) is 11.8 Å². The molecule has 0 saturated carbocycles. The Balaban J connectivity index is 1.88. The largest absolute Gasteiger partial charge is 0.459 e. The molecule has 3 heteroatoms. The molecule has 0 bridgehead atoms. The summed E-state index contributed by atoms with van der Waals surface area (Å²) < 4.78 is 5.51. The number of amides is 1. The van der Waals surface area contributed by atoms with Crippen molar-refractivity contribution in [1.82, 2.24) is 4.90 Å². The number of rotatable bonds is 2. The standard InChI is InChI=1S/C18H21NO2/c1-13-10-14(2)12-19(11-13)18(20)17-16(8-9-21-17)15-6-4-3-5-7-15/h3-9,13-14H,10-12H2,1-2H3/t13-,14-/m0/s1. The fraction of sp³-hybridized carbons (Fsp3) is 0.389. The predicted octanol–water partition coefficient (Wildman–Crippen LogP) is 4.06. The Bertz CT molecular complexity index is 607. The van der Waals surface area contributed by atoms with Crippen LogP contribution in [0.25, 0.3) is 11.1 Å². The number of carbonyl (C=O) groups is 1. The molecular weight excluding hydrogens is 262 g/mol. The fourth-order valence-electron chi connectivity index (χ4n) is 3.29. The van der Waals surface area contributed by atoms with Crippen LogP contribution in [0.3, 0.4) is 0 Å². The Morgan fingerprint density at radius 2 is 1.76 bits per heavy atom. The minimum atomic E-state index is 0.0113. The van der Waals surface area contributed by atoms with E-state index in [0.29, 0.717) is 17.6 Å². The number of likely N-dealkylation sites (tertiary alicyclic amines) is 1. The molecule has 1 aliphatic heterocycles. The first-order chi connectivity index (χ1) is 10.1. The highest BCUT2D eigenvalue weighted by atomic mass is 16.3. The number of benzene rings is 1. The third kappa shape index (κ3) is 2.87. The normalized spacial score (nSPS) is 22.3. The highest BCUT2D eigenvalue weighted by Crippen LogP contribution is 2.28. The zero-order valence-corrected chi connectivity index (χ0v) is 12.6. The molecule has 110 valence electrons. The number of nitrogens with zero attached hydrogens (tertiary/aromatic N) is 1. The van der Waals surface area contributed by atoms with Gasteiger partial charge in [0.25, 0.3) is 5.91 Å². The third-order valence-electron chi connectivity index (χ3n) is 4.10. The summed E-state index contributed by atoms with van der Waals surface area (Å²) >= 11 is 0. The van der Waals surface area contributed by atoms with Crippen molar-refractivity contribution in [2.45, 2.75) is 20.3 Å². The summed E-state index contributed by atoms with van der Waals surface area (Å²) in [6.45, 7) is 6.04. The molecular formula is C18H21NO2. The van der Waals surface area contributed by atoms with E-state index in [-0.39, 0.29) is 5.91 Å². The number of furan rings is 1. The number of hydrogen-bond acceptors (Lipinski definition) is 2. The average Bonchev–Trinajstić information content (AvgIpc) is 2.95. The minimum absolute atomic E-state index is 0.0113. The summed E-state index contributed by atoms with van der Waals surface area (Å²) in [5.41, 5.74) is 1.90. The summed E-state index contributed by atoms with van der Waals surface area (Å²) in [6, 6.07) is 11.8.